The first-order chi connectivity index (χ1) is 9.02. The van der Waals surface area contributed by atoms with Crippen LogP contribution in [0.5, 0.6) is 0 Å². The number of aliphatic hydroxyl groups is 1. The molecule has 0 heterocycles. The number of benzene rings is 1. The lowest BCUT2D eigenvalue weighted by molar-refractivity contribution is -0.120. The van der Waals surface area contributed by atoms with Crippen LogP contribution in [-0.2, 0) is 17.2 Å². The van der Waals surface area contributed by atoms with Crippen molar-refractivity contribution in [3.8, 4) is 0 Å². The van der Waals surface area contributed by atoms with Gasteiger partial charge in [-0.2, -0.15) is 0 Å². The van der Waals surface area contributed by atoms with Gasteiger partial charge in [0.2, 0.25) is 5.91 Å². The van der Waals surface area contributed by atoms with Crippen molar-refractivity contribution in [2.45, 2.75) is 38.4 Å². The van der Waals surface area contributed by atoms with Crippen molar-refractivity contribution >= 4 is 17.7 Å². The lowest BCUT2D eigenvalue weighted by Gasteiger charge is -2.13. The third-order valence-corrected chi connectivity index (χ3v) is 3.97. The van der Waals surface area contributed by atoms with Crippen LogP contribution in [0.1, 0.15) is 31.9 Å². The topological polar surface area (TPSA) is 49.3 Å². The van der Waals surface area contributed by atoms with Crippen molar-refractivity contribution in [3.63, 3.8) is 0 Å². The highest BCUT2D eigenvalue weighted by Gasteiger charge is 2.13. The van der Waals surface area contributed by atoms with E-state index in [0.29, 0.717) is 5.92 Å². The van der Waals surface area contributed by atoms with Gasteiger partial charge in [-0.1, -0.05) is 38.1 Å². The summed E-state index contributed by atoms with van der Waals surface area (Å²) < 4.78 is 0. The van der Waals surface area contributed by atoms with Gasteiger partial charge in [0.1, 0.15) is 0 Å². The second kappa shape index (κ2) is 8.23. The van der Waals surface area contributed by atoms with E-state index in [9.17, 15) is 4.79 Å². The molecule has 0 fully saturated rings. The summed E-state index contributed by atoms with van der Waals surface area (Å²) in [5, 5.41) is 11.9. The van der Waals surface area contributed by atoms with E-state index in [4.69, 9.17) is 5.11 Å². The van der Waals surface area contributed by atoms with Crippen LogP contribution in [0.4, 0.5) is 0 Å². The van der Waals surface area contributed by atoms with Crippen molar-refractivity contribution in [2.24, 2.45) is 5.92 Å². The maximum Gasteiger partial charge on any atom is 0.232 e. The molecule has 19 heavy (non-hydrogen) atoms. The molecule has 1 atom stereocenters. The highest BCUT2D eigenvalue weighted by atomic mass is 32.2. The van der Waals surface area contributed by atoms with Gasteiger partial charge in [-0.15, -0.1) is 11.8 Å². The monoisotopic (exact) mass is 281 g/mol. The molecule has 0 bridgehead atoms. The van der Waals surface area contributed by atoms with E-state index >= 15 is 0 Å². The average molecular weight is 281 g/mol. The summed E-state index contributed by atoms with van der Waals surface area (Å²) in [7, 11) is 0. The van der Waals surface area contributed by atoms with Crippen molar-refractivity contribution in [3.05, 3.63) is 35.4 Å². The molecule has 0 saturated carbocycles. The number of thioether (sulfide) groups is 1. The molecule has 1 aromatic carbocycles. The number of amides is 1. The number of aliphatic hydroxyl groups excluding tert-OH is 1. The van der Waals surface area contributed by atoms with Crippen molar-refractivity contribution in [1.29, 1.82) is 0 Å². The predicted octanol–water partition coefficient (Wildman–Crippen LogP) is 2.57. The Bertz CT molecular complexity index is 390. The first-order valence-electron chi connectivity index (χ1n) is 6.61. The third kappa shape index (κ3) is 6.12. The zero-order valence-corrected chi connectivity index (χ0v) is 12.7. The minimum atomic E-state index is -0.0451. The number of rotatable bonds is 7. The molecule has 0 spiro atoms. The molecule has 4 heteroatoms. The second-order valence-electron chi connectivity index (χ2n) is 5.07. The Morgan fingerprint density at radius 1 is 1.21 bits per heavy atom. The highest BCUT2D eigenvalue weighted by molar-refractivity contribution is 7.99. The average Bonchev–Trinajstić information content (AvgIpc) is 2.42. The van der Waals surface area contributed by atoms with Crippen LogP contribution in [0.3, 0.4) is 0 Å². The fraction of sp³-hybridized carbons (Fsp3) is 0.533. The van der Waals surface area contributed by atoms with Gasteiger partial charge in [0.25, 0.3) is 0 Å². The summed E-state index contributed by atoms with van der Waals surface area (Å²) in [6, 6.07) is 7.83. The first-order valence-corrected chi connectivity index (χ1v) is 7.65. The van der Waals surface area contributed by atoms with Crippen LogP contribution in [0.15, 0.2) is 24.3 Å². The van der Waals surface area contributed by atoms with Crippen LogP contribution in [0, 0.1) is 5.92 Å². The van der Waals surface area contributed by atoms with E-state index in [1.807, 2.05) is 31.2 Å². The molecule has 0 aliphatic rings. The van der Waals surface area contributed by atoms with Crippen molar-refractivity contribution in [2.75, 3.05) is 6.54 Å². The molecule has 0 aliphatic heterocycles. The second-order valence-corrected chi connectivity index (χ2v) is 6.40. The fourth-order valence-corrected chi connectivity index (χ4v) is 2.36. The van der Waals surface area contributed by atoms with Gasteiger partial charge in [0, 0.05) is 12.3 Å². The Labute approximate surface area is 119 Å². The molecule has 0 radical (unpaired) electrons. The number of hydrogen-bond acceptors (Lipinski definition) is 3. The Hall–Kier alpha value is -1.00. The molecule has 1 aromatic rings. The number of hydrogen-bond donors (Lipinski definition) is 2. The molecule has 106 valence electrons. The number of nitrogens with one attached hydrogen (secondary N) is 1. The Balaban J connectivity index is 2.36. The van der Waals surface area contributed by atoms with Gasteiger partial charge in [0.15, 0.2) is 0 Å². The molecule has 1 unspecified atom stereocenters. The zero-order valence-electron chi connectivity index (χ0n) is 11.8. The van der Waals surface area contributed by atoms with Crippen molar-refractivity contribution < 1.29 is 9.90 Å². The molecule has 0 saturated heterocycles. The minimum Gasteiger partial charge on any atom is -0.392 e. The Morgan fingerprint density at radius 3 is 2.32 bits per heavy atom. The molecule has 1 rings (SSSR count). The largest absolute Gasteiger partial charge is 0.392 e. The quantitative estimate of drug-likeness (QED) is 0.807. The van der Waals surface area contributed by atoms with Gasteiger partial charge < -0.3 is 10.4 Å². The summed E-state index contributed by atoms with van der Waals surface area (Å²) in [4.78, 5) is 11.8. The highest BCUT2D eigenvalue weighted by Crippen LogP contribution is 2.18. The minimum absolute atomic E-state index is 0.0451. The summed E-state index contributed by atoms with van der Waals surface area (Å²) in [5.41, 5.74) is 2.09. The van der Waals surface area contributed by atoms with Gasteiger partial charge in [0.05, 0.1) is 11.9 Å². The summed E-state index contributed by atoms with van der Waals surface area (Å²) in [5.74, 6) is 1.39. The van der Waals surface area contributed by atoms with Crippen LogP contribution in [-0.4, -0.2) is 22.8 Å². The van der Waals surface area contributed by atoms with Crippen LogP contribution in [0.25, 0.3) is 0 Å². The molecule has 0 aromatic heterocycles. The summed E-state index contributed by atoms with van der Waals surface area (Å²) in [6.07, 6.45) is 0. The van der Waals surface area contributed by atoms with E-state index in [1.54, 1.807) is 11.8 Å². The van der Waals surface area contributed by atoms with Crippen LogP contribution in [0.2, 0.25) is 0 Å². The van der Waals surface area contributed by atoms with E-state index in [1.165, 1.54) is 5.56 Å². The standard InChI is InChI=1S/C15H23NO2S/c1-11(2)8-16-15(18)12(3)19-10-14-6-4-13(9-17)5-7-14/h4-7,11-12,17H,8-10H2,1-3H3,(H,16,18). The van der Waals surface area contributed by atoms with Gasteiger partial charge in [-0.3, -0.25) is 4.79 Å². The smallest absolute Gasteiger partial charge is 0.232 e. The Morgan fingerprint density at radius 2 is 1.79 bits per heavy atom. The van der Waals surface area contributed by atoms with E-state index in [2.05, 4.69) is 19.2 Å². The van der Waals surface area contributed by atoms with E-state index in [-0.39, 0.29) is 17.8 Å². The molecule has 3 nitrogen and oxygen atoms in total. The third-order valence-electron chi connectivity index (χ3n) is 2.76. The lowest BCUT2D eigenvalue weighted by atomic mass is 10.2. The van der Waals surface area contributed by atoms with E-state index < -0.39 is 0 Å². The summed E-state index contributed by atoms with van der Waals surface area (Å²) in [6.45, 7) is 6.90. The Kier molecular flexibility index (Phi) is 6.95. The molecule has 0 aliphatic carbocycles. The fourth-order valence-electron chi connectivity index (χ4n) is 1.49. The van der Waals surface area contributed by atoms with Crippen LogP contribution < -0.4 is 5.32 Å². The first kappa shape index (κ1) is 16.1. The van der Waals surface area contributed by atoms with Gasteiger partial charge in [-0.25, -0.2) is 0 Å². The SMILES string of the molecule is CC(C)CNC(=O)C(C)SCc1ccc(CO)cc1. The molecular formula is C15H23NO2S. The van der Waals surface area contributed by atoms with Crippen molar-refractivity contribution in [1.82, 2.24) is 5.32 Å². The zero-order chi connectivity index (χ0) is 14.3. The van der Waals surface area contributed by atoms with Crippen LogP contribution >= 0.6 is 11.8 Å². The normalized spacial score (nSPS) is 12.5. The molecular weight excluding hydrogens is 258 g/mol. The lowest BCUT2D eigenvalue weighted by Crippen LogP contribution is -2.33. The van der Waals surface area contributed by atoms with Gasteiger partial charge >= 0.3 is 0 Å². The predicted molar refractivity (Wildman–Crippen MR) is 81.0 cm³/mol. The van der Waals surface area contributed by atoms with Gasteiger partial charge in [-0.05, 0) is 24.0 Å². The molecule has 2 N–H and O–H groups in total. The van der Waals surface area contributed by atoms with E-state index in [0.717, 1.165) is 17.9 Å². The summed E-state index contributed by atoms with van der Waals surface area (Å²) >= 11 is 1.63. The maximum atomic E-state index is 11.8. The number of carbonyl (C=O) groups is 1. The maximum absolute atomic E-state index is 11.8. The number of carbonyl (C=O) groups excluding carboxylic acids is 1. The molecule has 1 amide bonds.